The van der Waals surface area contributed by atoms with E-state index in [9.17, 15) is 13.2 Å². The third kappa shape index (κ3) is 3.45. The number of benzene rings is 1. The van der Waals surface area contributed by atoms with Gasteiger partial charge in [0.25, 0.3) is 0 Å². The van der Waals surface area contributed by atoms with E-state index in [-0.39, 0.29) is 11.6 Å². The summed E-state index contributed by atoms with van der Waals surface area (Å²) < 4.78 is 28.2. The molecule has 1 saturated heterocycles. The molecule has 26 heavy (non-hydrogen) atoms. The highest BCUT2D eigenvalue weighted by Crippen LogP contribution is 2.35. The molecule has 0 spiro atoms. The van der Waals surface area contributed by atoms with Crippen LogP contribution in [0, 0.1) is 5.92 Å². The van der Waals surface area contributed by atoms with E-state index in [1.54, 1.807) is 28.6 Å². The second-order valence-electron chi connectivity index (χ2n) is 7.72. The molecule has 1 saturated carbocycles. The van der Waals surface area contributed by atoms with Crippen LogP contribution in [0.25, 0.3) is 10.9 Å². The lowest BCUT2D eigenvalue weighted by Gasteiger charge is -2.29. The smallest absolute Gasteiger partial charge is 0.248 e. The largest absolute Gasteiger partial charge is 0.322 e. The highest BCUT2D eigenvalue weighted by atomic mass is 32.2. The monoisotopic (exact) mass is 374 g/mol. The van der Waals surface area contributed by atoms with Crippen LogP contribution in [0.3, 0.4) is 0 Å². The number of rotatable bonds is 4. The molecule has 1 unspecified atom stereocenters. The summed E-state index contributed by atoms with van der Waals surface area (Å²) in [5, 5.41) is 0.744. The average Bonchev–Trinajstić information content (AvgIpc) is 3.11. The minimum Gasteiger partial charge on any atom is -0.322 e. The van der Waals surface area contributed by atoms with E-state index in [2.05, 4.69) is 4.98 Å². The van der Waals surface area contributed by atoms with Gasteiger partial charge < -0.3 is 4.98 Å². The SMILES string of the molecule is O=c1ccc2cc(S(=O)(=O)N3CCCC3CC3CCCCC3)ccc2[nH]1. The minimum atomic E-state index is -3.50. The second-order valence-corrected chi connectivity index (χ2v) is 9.61. The Bertz CT molecular complexity index is 945. The first kappa shape index (κ1) is 17.7. The first-order valence-corrected chi connectivity index (χ1v) is 11.1. The Labute approximate surface area is 154 Å². The fourth-order valence-corrected chi connectivity index (χ4v) is 6.34. The predicted octanol–water partition coefficient (Wildman–Crippen LogP) is 3.65. The Hall–Kier alpha value is -1.66. The van der Waals surface area contributed by atoms with Crippen LogP contribution in [0.4, 0.5) is 0 Å². The van der Waals surface area contributed by atoms with Gasteiger partial charge in [-0.15, -0.1) is 0 Å². The fraction of sp³-hybridized carbons (Fsp3) is 0.550. The summed E-state index contributed by atoms with van der Waals surface area (Å²) in [5.41, 5.74) is 0.483. The summed E-state index contributed by atoms with van der Waals surface area (Å²) in [6.07, 6.45) is 9.29. The lowest BCUT2D eigenvalue weighted by molar-refractivity contribution is 0.267. The van der Waals surface area contributed by atoms with Crippen LogP contribution in [0.15, 0.2) is 40.0 Å². The van der Waals surface area contributed by atoms with Crippen LogP contribution in [-0.2, 0) is 10.0 Å². The molecule has 2 heterocycles. The molecule has 140 valence electrons. The number of H-pyrrole nitrogens is 1. The van der Waals surface area contributed by atoms with Crippen molar-refractivity contribution in [2.45, 2.75) is 62.3 Å². The number of hydrogen-bond donors (Lipinski definition) is 1. The van der Waals surface area contributed by atoms with Gasteiger partial charge in [-0.3, -0.25) is 4.79 Å². The fourth-order valence-electron chi connectivity index (χ4n) is 4.60. The van der Waals surface area contributed by atoms with Crippen LogP contribution in [0.2, 0.25) is 0 Å². The molecule has 6 heteroatoms. The number of aromatic nitrogens is 1. The number of aromatic amines is 1. The predicted molar refractivity (Wildman–Crippen MR) is 103 cm³/mol. The average molecular weight is 375 g/mol. The molecule has 5 nitrogen and oxygen atoms in total. The molecule has 1 N–H and O–H groups in total. The van der Waals surface area contributed by atoms with Gasteiger partial charge in [-0.05, 0) is 54.8 Å². The summed E-state index contributed by atoms with van der Waals surface area (Å²) in [6, 6.07) is 8.22. The van der Waals surface area contributed by atoms with Crippen LogP contribution >= 0.6 is 0 Å². The van der Waals surface area contributed by atoms with Crippen molar-refractivity contribution < 1.29 is 8.42 Å². The number of nitrogens with one attached hydrogen (secondary N) is 1. The van der Waals surface area contributed by atoms with Crippen LogP contribution in [0.5, 0.6) is 0 Å². The molecule has 1 aliphatic carbocycles. The highest BCUT2D eigenvalue weighted by molar-refractivity contribution is 7.89. The van der Waals surface area contributed by atoms with Crippen LogP contribution in [-0.4, -0.2) is 30.3 Å². The maximum atomic E-state index is 13.3. The summed E-state index contributed by atoms with van der Waals surface area (Å²) in [4.78, 5) is 14.5. The van der Waals surface area contributed by atoms with E-state index in [4.69, 9.17) is 0 Å². The van der Waals surface area contributed by atoms with Gasteiger partial charge in [0.2, 0.25) is 15.6 Å². The van der Waals surface area contributed by atoms with Crippen LogP contribution < -0.4 is 5.56 Å². The van der Waals surface area contributed by atoms with Gasteiger partial charge >= 0.3 is 0 Å². The molecule has 1 aromatic carbocycles. The molecule has 0 amide bonds. The molecular weight excluding hydrogens is 348 g/mol. The van der Waals surface area contributed by atoms with Crippen molar-refractivity contribution in [1.29, 1.82) is 0 Å². The maximum Gasteiger partial charge on any atom is 0.248 e. The van der Waals surface area contributed by atoms with Crippen molar-refractivity contribution in [2.24, 2.45) is 5.92 Å². The Kier molecular flexibility index (Phi) is 4.88. The van der Waals surface area contributed by atoms with Crippen molar-refractivity contribution in [2.75, 3.05) is 6.54 Å². The van der Waals surface area contributed by atoms with E-state index < -0.39 is 10.0 Å². The Morgan fingerprint density at radius 3 is 2.62 bits per heavy atom. The van der Waals surface area contributed by atoms with Gasteiger partial charge in [0.15, 0.2) is 0 Å². The van der Waals surface area contributed by atoms with Crippen LogP contribution in [0.1, 0.15) is 51.4 Å². The number of hydrogen-bond acceptors (Lipinski definition) is 3. The normalized spacial score (nSPS) is 22.8. The lowest BCUT2D eigenvalue weighted by Crippen LogP contribution is -2.37. The molecule has 1 aliphatic heterocycles. The van der Waals surface area contributed by atoms with E-state index in [0.29, 0.717) is 22.9 Å². The third-order valence-corrected chi connectivity index (χ3v) is 7.90. The van der Waals surface area contributed by atoms with Gasteiger partial charge in [-0.25, -0.2) is 8.42 Å². The highest BCUT2D eigenvalue weighted by Gasteiger charge is 2.36. The van der Waals surface area contributed by atoms with Gasteiger partial charge in [0, 0.05) is 24.2 Å². The minimum absolute atomic E-state index is 0.134. The van der Waals surface area contributed by atoms with Crippen molar-refractivity contribution >= 4 is 20.9 Å². The summed E-state index contributed by atoms with van der Waals surface area (Å²) >= 11 is 0. The Balaban J connectivity index is 1.60. The molecule has 2 aromatic rings. The zero-order valence-electron chi connectivity index (χ0n) is 15.0. The third-order valence-electron chi connectivity index (χ3n) is 5.96. The van der Waals surface area contributed by atoms with Crippen molar-refractivity contribution in [3.8, 4) is 0 Å². The number of nitrogens with zero attached hydrogens (tertiary/aromatic N) is 1. The van der Waals surface area contributed by atoms with Gasteiger partial charge in [-0.1, -0.05) is 32.1 Å². The van der Waals surface area contributed by atoms with E-state index in [1.165, 1.54) is 38.2 Å². The Morgan fingerprint density at radius 2 is 1.81 bits per heavy atom. The van der Waals surface area contributed by atoms with Gasteiger partial charge in [0.1, 0.15) is 0 Å². The molecule has 1 atom stereocenters. The van der Waals surface area contributed by atoms with Crippen molar-refractivity contribution in [1.82, 2.24) is 9.29 Å². The van der Waals surface area contributed by atoms with E-state index >= 15 is 0 Å². The zero-order chi connectivity index (χ0) is 18.1. The summed E-state index contributed by atoms with van der Waals surface area (Å²) in [6.45, 7) is 0.614. The van der Waals surface area contributed by atoms with Gasteiger partial charge in [-0.2, -0.15) is 4.31 Å². The first-order chi connectivity index (χ1) is 12.5. The number of sulfonamides is 1. The Morgan fingerprint density at radius 1 is 1.00 bits per heavy atom. The lowest BCUT2D eigenvalue weighted by atomic mass is 9.84. The molecule has 2 fully saturated rings. The van der Waals surface area contributed by atoms with E-state index in [0.717, 1.165) is 24.6 Å². The van der Waals surface area contributed by atoms with Crippen molar-refractivity contribution in [3.05, 3.63) is 40.7 Å². The molecule has 0 radical (unpaired) electrons. The molecule has 0 bridgehead atoms. The van der Waals surface area contributed by atoms with E-state index in [1.807, 2.05) is 0 Å². The summed E-state index contributed by atoms with van der Waals surface area (Å²) in [5.74, 6) is 0.672. The summed E-state index contributed by atoms with van der Waals surface area (Å²) in [7, 11) is -3.50. The topological polar surface area (TPSA) is 70.2 Å². The standard InChI is InChI=1S/C20H26N2O3S/c23-20-11-8-16-14-18(9-10-19(16)21-20)26(24,25)22-12-4-7-17(22)13-15-5-2-1-3-6-15/h8-11,14-15,17H,1-7,12-13H2,(H,21,23). The quantitative estimate of drug-likeness (QED) is 0.888. The molecular formula is C20H26N2O3S. The first-order valence-electron chi connectivity index (χ1n) is 9.69. The molecule has 4 rings (SSSR count). The number of fused-ring (bicyclic) bond motifs is 1. The number of pyridine rings is 1. The maximum absolute atomic E-state index is 13.3. The molecule has 2 aliphatic rings. The van der Waals surface area contributed by atoms with Crippen molar-refractivity contribution in [3.63, 3.8) is 0 Å². The zero-order valence-corrected chi connectivity index (χ0v) is 15.8. The second kappa shape index (κ2) is 7.16. The van der Waals surface area contributed by atoms with Gasteiger partial charge in [0.05, 0.1) is 4.90 Å². The molecule has 1 aromatic heterocycles.